The fourth-order valence-corrected chi connectivity index (χ4v) is 1.82. The molecule has 3 N–H and O–H groups in total. The number of carbonyl (C=O) groups is 1. The topological polar surface area (TPSA) is 55.1 Å². The van der Waals surface area contributed by atoms with Gasteiger partial charge in [-0.15, -0.1) is 0 Å². The van der Waals surface area contributed by atoms with Gasteiger partial charge in [0.1, 0.15) is 0 Å². The summed E-state index contributed by atoms with van der Waals surface area (Å²) in [5.74, 6) is 5.67. The summed E-state index contributed by atoms with van der Waals surface area (Å²) in [4.78, 5) is 11.9. The van der Waals surface area contributed by atoms with Gasteiger partial charge in [0.05, 0.1) is 6.54 Å². The Balaban J connectivity index is 2.49. The maximum absolute atomic E-state index is 11.9. The van der Waals surface area contributed by atoms with Crippen LogP contribution in [0, 0.1) is 11.8 Å². The van der Waals surface area contributed by atoms with E-state index in [-0.39, 0.29) is 5.91 Å². The zero-order valence-electron chi connectivity index (χ0n) is 11.4. The summed E-state index contributed by atoms with van der Waals surface area (Å²) in [7, 11) is 0. The second-order valence-corrected chi connectivity index (χ2v) is 5.45. The summed E-state index contributed by atoms with van der Waals surface area (Å²) < 4.78 is 0. The van der Waals surface area contributed by atoms with E-state index in [2.05, 4.69) is 30.3 Å². The van der Waals surface area contributed by atoms with Gasteiger partial charge in [-0.25, -0.2) is 0 Å². The van der Waals surface area contributed by atoms with Crippen molar-refractivity contribution < 1.29 is 4.79 Å². The summed E-state index contributed by atoms with van der Waals surface area (Å²) in [6, 6.07) is 7.24. The van der Waals surface area contributed by atoms with Crippen molar-refractivity contribution in [3.05, 3.63) is 35.4 Å². The molecule has 0 radical (unpaired) electrons. The molecule has 0 spiro atoms. The Hall–Kier alpha value is -1.44. The Kier molecular flexibility index (Phi) is 7.09. The summed E-state index contributed by atoms with van der Waals surface area (Å²) in [5.41, 5.74) is 6.84. The van der Waals surface area contributed by atoms with Crippen LogP contribution in [0.5, 0.6) is 0 Å². The number of rotatable bonds is 5. The molecule has 102 valence electrons. The summed E-state index contributed by atoms with van der Waals surface area (Å²) in [6.45, 7) is 3.20. The average molecular weight is 276 g/mol. The SMILES string of the molecule is CSC(C)CCNC(=O)c1ccc(C#CCN)cc1. The predicted molar refractivity (Wildman–Crippen MR) is 82.3 cm³/mol. The Morgan fingerprint density at radius 2 is 2.11 bits per heavy atom. The van der Waals surface area contributed by atoms with E-state index in [1.807, 2.05) is 12.1 Å². The third kappa shape index (κ3) is 5.82. The first-order valence-corrected chi connectivity index (χ1v) is 7.56. The second kappa shape index (κ2) is 8.63. The molecule has 1 amide bonds. The van der Waals surface area contributed by atoms with Gasteiger partial charge in [0.15, 0.2) is 0 Å². The van der Waals surface area contributed by atoms with E-state index in [0.29, 0.717) is 23.9 Å². The molecule has 1 aromatic rings. The number of thioether (sulfide) groups is 1. The Bertz CT molecular complexity index is 459. The number of nitrogens with one attached hydrogen (secondary N) is 1. The number of nitrogens with two attached hydrogens (primary N) is 1. The van der Waals surface area contributed by atoms with E-state index < -0.39 is 0 Å². The lowest BCUT2D eigenvalue weighted by Gasteiger charge is -2.09. The number of hydrogen-bond donors (Lipinski definition) is 2. The van der Waals surface area contributed by atoms with Crippen LogP contribution in [0.1, 0.15) is 29.3 Å². The average Bonchev–Trinajstić information content (AvgIpc) is 2.45. The smallest absolute Gasteiger partial charge is 0.251 e. The van der Waals surface area contributed by atoms with E-state index >= 15 is 0 Å². The standard InChI is InChI=1S/C15H20N2OS/c1-12(19-2)9-11-17-15(18)14-7-5-13(6-8-14)4-3-10-16/h5-8,12H,9-11,16H2,1-2H3,(H,17,18). The maximum atomic E-state index is 11.9. The van der Waals surface area contributed by atoms with Gasteiger partial charge >= 0.3 is 0 Å². The Morgan fingerprint density at radius 1 is 1.42 bits per heavy atom. The van der Waals surface area contributed by atoms with Gasteiger partial charge < -0.3 is 11.1 Å². The Labute approximate surface area is 119 Å². The highest BCUT2D eigenvalue weighted by Gasteiger charge is 2.05. The summed E-state index contributed by atoms with van der Waals surface area (Å²) >= 11 is 1.81. The van der Waals surface area contributed by atoms with Gasteiger partial charge in [-0.05, 0) is 36.9 Å². The molecule has 0 saturated heterocycles. The summed E-state index contributed by atoms with van der Waals surface area (Å²) in [5, 5.41) is 3.48. The van der Waals surface area contributed by atoms with Gasteiger partial charge in [0.25, 0.3) is 5.91 Å². The first-order valence-electron chi connectivity index (χ1n) is 6.27. The van der Waals surface area contributed by atoms with Crippen LogP contribution >= 0.6 is 11.8 Å². The van der Waals surface area contributed by atoms with Crippen LogP contribution in [0.3, 0.4) is 0 Å². The van der Waals surface area contributed by atoms with Gasteiger partial charge in [-0.2, -0.15) is 11.8 Å². The number of hydrogen-bond acceptors (Lipinski definition) is 3. The van der Waals surface area contributed by atoms with Crippen LogP contribution < -0.4 is 11.1 Å². The highest BCUT2D eigenvalue weighted by atomic mass is 32.2. The van der Waals surface area contributed by atoms with Crippen molar-refractivity contribution >= 4 is 17.7 Å². The maximum Gasteiger partial charge on any atom is 0.251 e. The zero-order valence-corrected chi connectivity index (χ0v) is 12.2. The monoisotopic (exact) mass is 276 g/mol. The normalized spacial score (nSPS) is 11.3. The van der Waals surface area contributed by atoms with Crippen molar-refractivity contribution in [2.45, 2.75) is 18.6 Å². The molecule has 1 rings (SSSR count). The van der Waals surface area contributed by atoms with Gasteiger partial charge in [-0.1, -0.05) is 18.8 Å². The van der Waals surface area contributed by atoms with E-state index in [9.17, 15) is 4.79 Å². The third-order valence-corrected chi connectivity index (χ3v) is 3.76. The molecular formula is C15H20N2OS. The molecule has 0 aromatic heterocycles. The molecule has 0 fully saturated rings. The molecule has 0 heterocycles. The molecule has 1 aromatic carbocycles. The number of amides is 1. The van der Waals surface area contributed by atoms with Gasteiger partial charge in [0.2, 0.25) is 0 Å². The lowest BCUT2D eigenvalue weighted by atomic mass is 10.1. The highest BCUT2D eigenvalue weighted by Crippen LogP contribution is 2.08. The minimum atomic E-state index is -0.0355. The van der Waals surface area contributed by atoms with Crippen LogP contribution in [-0.2, 0) is 0 Å². The van der Waals surface area contributed by atoms with Crippen LogP contribution in [0.25, 0.3) is 0 Å². The molecule has 0 saturated carbocycles. The second-order valence-electron chi connectivity index (χ2n) is 4.17. The summed E-state index contributed by atoms with van der Waals surface area (Å²) in [6.07, 6.45) is 3.06. The molecular weight excluding hydrogens is 256 g/mol. The number of benzene rings is 1. The van der Waals surface area contributed by atoms with Crippen molar-refractivity contribution in [1.29, 1.82) is 0 Å². The number of carbonyl (C=O) groups excluding carboxylic acids is 1. The van der Waals surface area contributed by atoms with Crippen molar-refractivity contribution in [3.63, 3.8) is 0 Å². The van der Waals surface area contributed by atoms with Crippen molar-refractivity contribution in [2.75, 3.05) is 19.3 Å². The van der Waals surface area contributed by atoms with E-state index in [1.165, 1.54) is 0 Å². The first-order chi connectivity index (χ1) is 9.17. The molecule has 1 atom stereocenters. The molecule has 0 aliphatic heterocycles. The predicted octanol–water partition coefficient (Wildman–Crippen LogP) is 1.87. The van der Waals surface area contributed by atoms with Crippen LogP contribution in [-0.4, -0.2) is 30.5 Å². The van der Waals surface area contributed by atoms with Gasteiger partial charge in [0, 0.05) is 22.9 Å². The quantitative estimate of drug-likeness (QED) is 0.807. The molecule has 0 aliphatic carbocycles. The third-order valence-electron chi connectivity index (χ3n) is 2.72. The largest absolute Gasteiger partial charge is 0.352 e. The molecule has 1 unspecified atom stereocenters. The minimum absolute atomic E-state index is 0.0355. The fourth-order valence-electron chi connectivity index (χ4n) is 1.47. The van der Waals surface area contributed by atoms with E-state index in [1.54, 1.807) is 23.9 Å². The lowest BCUT2D eigenvalue weighted by Crippen LogP contribution is -2.25. The van der Waals surface area contributed by atoms with E-state index in [4.69, 9.17) is 5.73 Å². The molecule has 0 bridgehead atoms. The lowest BCUT2D eigenvalue weighted by molar-refractivity contribution is 0.0953. The van der Waals surface area contributed by atoms with Crippen LogP contribution in [0.15, 0.2) is 24.3 Å². The fraction of sp³-hybridized carbons (Fsp3) is 0.400. The van der Waals surface area contributed by atoms with Gasteiger partial charge in [-0.3, -0.25) is 4.79 Å². The van der Waals surface area contributed by atoms with Crippen molar-refractivity contribution in [3.8, 4) is 11.8 Å². The molecule has 19 heavy (non-hydrogen) atoms. The molecule has 0 aliphatic rings. The van der Waals surface area contributed by atoms with Crippen LogP contribution in [0.2, 0.25) is 0 Å². The van der Waals surface area contributed by atoms with E-state index in [0.717, 1.165) is 12.0 Å². The molecule has 4 heteroatoms. The first kappa shape index (κ1) is 15.6. The Morgan fingerprint density at radius 3 is 2.68 bits per heavy atom. The zero-order chi connectivity index (χ0) is 14.1. The van der Waals surface area contributed by atoms with Crippen LogP contribution in [0.4, 0.5) is 0 Å². The highest BCUT2D eigenvalue weighted by molar-refractivity contribution is 7.99. The molecule has 3 nitrogen and oxygen atoms in total. The van der Waals surface area contributed by atoms with Crippen molar-refractivity contribution in [1.82, 2.24) is 5.32 Å². The van der Waals surface area contributed by atoms with Crippen molar-refractivity contribution in [2.24, 2.45) is 5.73 Å². The minimum Gasteiger partial charge on any atom is -0.352 e.